The van der Waals surface area contributed by atoms with Crippen molar-refractivity contribution in [1.82, 2.24) is 23.7 Å². The average molecular weight is 668 g/mol. The Kier molecular flexibility index (Phi) is 6.08. The van der Waals surface area contributed by atoms with Crippen LogP contribution in [0.15, 0.2) is 152 Å². The van der Waals surface area contributed by atoms with E-state index in [1.807, 2.05) is 6.07 Å². The van der Waals surface area contributed by atoms with Gasteiger partial charge in [-0.15, -0.1) is 0 Å². The zero-order valence-corrected chi connectivity index (χ0v) is 28.9. The summed E-state index contributed by atoms with van der Waals surface area (Å²) >= 11 is 0. The van der Waals surface area contributed by atoms with Crippen LogP contribution in [-0.2, 0) is 20.5 Å². The van der Waals surface area contributed by atoms with Crippen LogP contribution in [0, 0.1) is 0 Å². The van der Waals surface area contributed by atoms with Crippen LogP contribution in [0.4, 0.5) is 0 Å². The van der Waals surface area contributed by atoms with Crippen LogP contribution < -0.4 is 0 Å². The highest BCUT2D eigenvalue weighted by Crippen LogP contribution is 2.40. The van der Waals surface area contributed by atoms with E-state index in [0.29, 0.717) is 0 Å². The molecule has 3 heterocycles. The summed E-state index contributed by atoms with van der Waals surface area (Å²) in [5.41, 5.74) is 17.7. The van der Waals surface area contributed by atoms with Crippen LogP contribution in [0.2, 0.25) is 0 Å². The third-order valence-electron chi connectivity index (χ3n) is 11.1. The van der Waals surface area contributed by atoms with Gasteiger partial charge in [0.2, 0.25) is 0 Å². The molecule has 0 radical (unpaired) electrons. The lowest BCUT2D eigenvalue weighted by Crippen LogP contribution is -1.97. The number of para-hydroxylation sites is 3. The number of fused-ring (bicyclic) bond motifs is 8. The van der Waals surface area contributed by atoms with E-state index in [4.69, 9.17) is 9.97 Å². The minimum absolute atomic E-state index is 0.948. The molecule has 0 saturated heterocycles. The number of aryl methyl sites for hydroxylation is 2. The second kappa shape index (κ2) is 10.9. The second-order valence-electron chi connectivity index (χ2n) is 14.0. The van der Waals surface area contributed by atoms with E-state index in [-0.39, 0.29) is 0 Å². The molecule has 3 aromatic heterocycles. The van der Waals surface area contributed by atoms with Crippen molar-refractivity contribution < 1.29 is 0 Å². The van der Waals surface area contributed by atoms with Gasteiger partial charge in [-0.25, -0.2) is 9.97 Å². The first-order valence-corrected chi connectivity index (χ1v) is 17.8. The zero-order valence-electron chi connectivity index (χ0n) is 28.9. The molecule has 7 aromatic carbocycles. The summed E-state index contributed by atoms with van der Waals surface area (Å²) in [6.07, 6.45) is 0.985. The summed E-state index contributed by atoms with van der Waals surface area (Å²) in [6, 6.07) is 54.8. The number of hydrogen-bond donors (Lipinski definition) is 0. The molecular weight excluding hydrogens is 635 g/mol. The van der Waals surface area contributed by atoms with Gasteiger partial charge in [-0.3, -0.25) is 0 Å². The van der Waals surface area contributed by atoms with Gasteiger partial charge in [0.1, 0.15) is 11.6 Å². The number of imidazole rings is 2. The van der Waals surface area contributed by atoms with E-state index < -0.39 is 0 Å². The van der Waals surface area contributed by atoms with Gasteiger partial charge in [-0.05, 0) is 88.3 Å². The monoisotopic (exact) mass is 667 g/mol. The van der Waals surface area contributed by atoms with Gasteiger partial charge in [-0.2, -0.15) is 0 Å². The van der Waals surface area contributed by atoms with Crippen molar-refractivity contribution >= 4 is 43.9 Å². The largest absolute Gasteiger partial charge is 0.327 e. The number of hydrogen-bond acceptors (Lipinski definition) is 2. The van der Waals surface area contributed by atoms with Crippen LogP contribution in [0.3, 0.4) is 0 Å². The topological polar surface area (TPSA) is 40.6 Å². The second-order valence-corrected chi connectivity index (χ2v) is 14.0. The first-order valence-electron chi connectivity index (χ1n) is 17.8. The van der Waals surface area contributed by atoms with Crippen molar-refractivity contribution in [2.45, 2.75) is 6.42 Å². The van der Waals surface area contributed by atoms with Crippen LogP contribution in [0.5, 0.6) is 0 Å². The zero-order chi connectivity index (χ0) is 34.5. The minimum atomic E-state index is 0.948. The standard InChI is InChI=1S/C47H33N5/c1-50-43-17-8-6-15-40(43)48-46(50)32-11-9-12-35(26-32)52-42-16-7-5-14-38(42)39-22-19-33(28-45(39)52)47-49-41-27-30(20-23-44(41)51(47)2)29-18-21-37-34(24-29)25-31-10-3-4-13-36(31)37/h3-24,26-28H,25H2,1-2H3. The molecule has 0 saturated carbocycles. The predicted molar refractivity (Wildman–Crippen MR) is 214 cm³/mol. The molecule has 0 fully saturated rings. The van der Waals surface area contributed by atoms with Gasteiger partial charge in [0.15, 0.2) is 0 Å². The molecule has 0 amide bonds. The Morgan fingerprint density at radius 3 is 1.96 bits per heavy atom. The molecule has 5 nitrogen and oxygen atoms in total. The summed E-state index contributed by atoms with van der Waals surface area (Å²) < 4.78 is 6.78. The molecule has 0 atom stereocenters. The summed E-state index contributed by atoms with van der Waals surface area (Å²) in [6.45, 7) is 0. The SMILES string of the molecule is Cn1c(-c2cccc(-n3c4ccccc4c4ccc(-c5nc6cc(-c7ccc8c(c7)Cc7ccccc7-8)ccc6n5C)cc43)c2)nc2ccccc21. The van der Waals surface area contributed by atoms with Gasteiger partial charge in [-0.1, -0.05) is 103 Å². The van der Waals surface area contributed by atoms with Crippen molar-refractivity contribution in [3.8, 4) is 50.7 Å². The minimum Gasteiger partial charge on any atom is -0.327 e. The van der Waals surface area contributed by atoms with Gasteiger partial charge in [0.05, 0.1) is 33.1 Å². The number of benzene rings is 7. The highest BCUT2D eigenvalue weighted by atomic mass is 15.1. The lowest BCUT2D eigenvalue weighted by Gasteiger charge is -2.11. The maximum absolute atomic E-state index is 5.26. The van der Waals surface area contributed by atoms with E-state index in [0.717, 1.165) is 62.5 Å². The smallest absolute Gasteiger partial charge is 0.140 e. The van der Waals surface area contributed by atoms with Gasteiger partial charge < -0.3 is 13.7 Å². The summed E-state index contributed by atoms with van der Waals surface area (Å²) in [5.74, 6) is 1.90. The predicted octanol–water partition coefficient (Wildman–Crippen LogP) is 11.1. The molecule has 0 spiro atoms. The number of aromatic nitrogens is 5. The molecule has 1 aliphatic carbocycles. The molecule has 11 rings (SSSR count). The Labute approximate surface area is 300 Å². The normalized spacial score (nSPS) is 12.3. The van der Waals surface area contributed by atoms with E-state index in [9.17, 15) is 0 Å². The fourth-order valence-corrected chi connectivity index (χ4v) is 8.54. The molecule has 10 aromatic rings. The molecule has 0 N–H and O–H groups in total. The van der Waals surface area contributed by atoms with Crippen molar-refractivity contribution in [3.05, 3.63) is 163 Å². The molecule has 0 bridgehead atoms. The van der Waals surface area contributed by atoms with Crippen LogP contribution in [0.25, 0.3) is 94.6 Å². The summed E-state index contributed by atoms with van der Waals surface area (Å²) in [7, 11) is 4.21. The third-order valence-corrected chi connectivity index (χ3v) is 11.1. The highest BCUT2D eigenvalue weighted by Gasteiger charge is 2.20. The van der Waals surface area contributed by atoms with E-state index in [1.165, 1.54) is 49.7 Å². The first kappa shape index (κ1) is 29.1. The van der Waals surface area contributed by atoms with E-state index in [1.54, 1.807) is 0 Å². The van der Waals surface area contributed by atoms with Crippen molar-refractivity contribution in [2.75, 3.05) is 0 Å². The maximum atomic E-state index is 5.26. The fraction of sp³-hybridized carbons (Fsp3) is 0.0638. The molecule has 0 aliphatic heterocycles. The third kappa shape index (κ3) is 4.23. The molecular formula is C47H33N5. The van der Waals surface area contributed by atoms with Gasteiger partial charge >= 0.3 is 0 Å². The molecule has 52 heavy (non-hydrogen) atoms. The maximum Gasteiger partial charge on any atom is 0.140 e. The number of rotatable bonds is 4. The Hall–Kier alpha value is -6.72. The Morgan fingerprint density at radius 1 is 0.423 bits per heavy atom. The first-order chi connectivity index (χ1) is 25.6. The van der Waals surface area contributed by atoms with Crippen LogP contribution in [0.1, 0.15) is 11.1 Å². The van der Waals surface area contributed by atoms with Crippen molar-refractivity contribution in [3.63, 3.8) is 0 Å². The highest BCUT2D eigenvalue weighted by molar-refractivity contribution is 6.10. The molecule has 1 aliphatic rings. The Balaban J connectivity index is 1.02. The van der Waals surface area contributed by atoms with E-state index in [2.05, 4.69) is 173 Å². The van der Waals surface area contributed by atoms with Gasteiger partial charge in [0, 0.05) is 41.7 Å². The van der Waals surface area contributed by atoms with Gasteiger partial charge in [0.25, 0.3) is 0 Å². The fourth-order valence-electron chi connectivity index (χ4n) is 8.54. The lowest BCUT2D eigenvalue weighted by atomic mass is 9.99. The van der Waals surface area contributed by atoms with Crippen LogP contribution >= 0.6 is 0 Å². The lowest BCUT2D eigenvalue weighted by molar-refractivity contribution is 0.958. The summed E-state index contributed by atoms with van der Waals surface area (Å²) in [5, 5.41) is 2.44. The molecule has 5 heteroatoms. The van der Waals surface area contributed by atoms with Crippen molar-refractivity contribution in [2.24, 2.45) is 14.1 Å². The van der Waals surface area contributed by atoms with Crippen molar-refractivity contribution in [1.29, 1.82) is 0 Å². The Bertz CT molecular complexity index is 3080. The quantitative estimate of drug-likeness (QED) is 0.187. The Morgan fingerprint density at radius 2 is 1.08 bits per heavy atom. The molecule has 0 unspecified atom stereocenters. The van der Waals surface area contributed by atoms with Crippen LogP contribution in [-0.4, -0.2) is 23.7 Å². The average Bonchev–Trinajstić information content (AvgIpc) is 3.93. The molecule has 246 valence electrons. The van der Waals surface area contributed by atoms with E-state index >= 15 is 0 Å². The summed E-state index contributed by atoms with van der Waals surface area (Å²) in [4.78, 5) is 10.3. The number of nitrogens with zero attached hydrogens (tertiary/aromatic N) is 5.